The second-order valence-corrected chi connectivity index (χ2v) is 8.24. The number of carbonyl (C=O) groups is 2. The highest BCUT2D eigenvalue weighted by Gasteiger charge is 2.32. The second kappa shape index (κ2) is 9.27. The first-order chi connectivity index (χ1) is 15.5. The fraction of sp³-hybridized carbons (Fsp3) is 0.333. The van der Waals surface area contributed by atoms with Crippen LogP contribution in [0.15, 0.2) is 48.5 Å². The molecule has 0 aliphatic carbocycles. The van der Waals surface area contributed by atoms with E-state index in [4.69, 9.17) is 4.74 Å². The third-order valence-corrected chi connectivity index (χ3v) is 5.11. The van der Waals surface area contributed by atoms with E-state index in [1.165, 1.54) is 16.7 Å². The largest absolute Gasteiger partial charge is 0.461 e. The summed E-state index contributed by atoms with van der Waals surface area (Å²) in [4.78, 5) is 26.2. The maximum Gasteiger partial charge on any atom is 0.416 e. The maximum absolute atomic E-state index is 13.2. The van der Waals surface area contributed by atoms with Gasteiger partial charge in [0.25, 0.3) is 5.91 Å². The molecule has 3 aromatic rings. The Labute approximate surface area is 189 Å². The number of carbonyl (C=O) groups excluding carboxylic acids is 2. The Balaban J connectivity index is 2.22. The zero-order chi connectivity index (χ0) is 24.4. The molecule has 2 aromatic carbocycles. The Hall–Kier alpha value is -3.33. The molecular weight excluding hydrogens is 437 g/mol. The van der Waals surface area contributed by atoms with Crippen molar-refractivity contribution >= 4 is 22.8 Å². The van der Waals surface area contributed by atoms with Crippen LogP contribution in [0, 0.1) is 0 Å². The summed E-state index contributed by atoms with van der Waals surface area (Å²) in [7, 11) is 0. The molecule has 0 saturated heterocycles. The molecule has 0 aliphatic rings. The van der Waals surface area contributed by atoms with E-state index in [2.05, 4.69) is 5.32 Å². The third kappa shape index (κ3) is 5.19. The molecule has 33 heavy (non-hydrogen) atoms. The van der Waals surface area contributed by atoms with Gasteiger partial charge in [-0.1, -0.05) is 30.3 Å². The highest BCUT2D eigenvalue weighted by atomic mass is 19.4. The predicted molar refractivity (Wildman–Crippen MR) is 117 cm³/mol. The molecule has 6 nitrogen and oxygen atoms in total. The summed E-state index contributed by atoms with van der Waals surface area (Å²) in [6.45, 7) is 4.48. The Kier molecular flexibility index (Phi) is 6.83. The lowest BCUT2D eigenvalue weighted by Gasteiger charge is -2.23. The summed E-state index contributed by atoms with van der Waals surface area (Å²) < 4.78 is 46.3. The summed E-state index contributed by atoms with van der Waals surface area (Å²) in [5.41, 5.74) is -1.01. The molecule has 9 heteroatoms. The number of amides is 1. The van der Waals surface area contributed by atoms with E-state index in [1.54, 1.807) is 45.0 Å². The summed E-state index contributed by atoms with van der Waals surface area (Å²) in [5, 5.41) is 12.7. The number of fused-ring (bicyclic) bond motifs is 1. The number of aliphatic hydroxyl groups excluding tert-OH is 1. The van der Waals surface area contributed by atoms with Gasteiger partial charge in [0.05, 0.1) is 29.9 Å². The molecule has 1 amide bonds. The molecule has 0 unspecified atom stereocenters. The predicted octanol–water partition coefficient (Wildman–Crippen LogP) is 4.39. The van der Waals surface area contributed by atoms with Crippen LogP contribution in [0.3, 0.4) is 0 Å². The standard InChI is InChI=1S/C24H25F3N2O4/c1-4-33-22(32)20-19(21(31)28-23(2,3)14-30)17-10-5-6-11-18(17)29(20)13-15-8-7-9-16(12-15)24(25,26)27/h5-12,30H,4,13-14H2,1-3H3,(H,28,31). The van der Waals surface area contributed by atoms with Gasteiger partial charge in [0.1, 0.15) is 5.69 Å². The normalized spacial score (nSPS) is 12.1. The van der Waals surface area contributed by atoms with Gasteiger partial charge < -0.3 is 19.7 Å². The topological polar surface area (TPSA) is 80.6 Å². The zero-order valence-corrected chi connectivity index (χ0v) is 18.5. The Morgan fingerprint density at radius 3 is 2.42 bits per heavy atom. The van der Waals surface area contributed by atoms with Crippen molar-refractivity contribution < 1.29 is 32.6 Å². The number of nitrogens with zero attached hydrogens (tertiary/aromatic N) is 1. The molecule has 0 atom stereocenters. The highest BCUT2D eigenvalue weighted by Crippen LogP contribution is 2.32. The molecule has 3 rings (SSSR count). The fourth-order valence-corrected chi connectivity index (χ4v) is 3.55. The van der Waals surface area contributed by atoms with Crippen LogP contribution in [-0.4, -0.2) is 40.3 Å². The minimum Gasteiger partial charge on any atom is -0.461 e. The van der Waals surface area contributed by atoms with Gasteiger partial charge in [-0.15, -0.1) is 0 Å². The SMILES string of the molecule is CCOC(=O)c1c(C(=O)NC(C)(C)CO)c2ccccc2n1Cc1cccc(C(F)(F)F)c1. The van der Waals surface area contributed by atoms with Crippen molar-refractivity contribution in [3.8, 4) is 0 Å². The van der Waals surface area contributed by atoms with Crippen LogP contribution in [0.25, 0.3) is 10.9 Å². The number of nitrogens with one attached hydrogen (secondary N) is 1. The molecule has 2 N–H and O–H groups in total. The van der Waals surface area contributed by atoms with Gasteiger partial charge in [-0.2, -0.15) is 13.2 Å². The third-order valence-electron chi connectivity index (χ3n) is 5.11. The van der Waals surface area contributed by atoms with E-state index in [1.807, 2.05) is 0 Å². The zero-order valence-electron chi connectivity index (χ0n) is 18.5. The van der Waals surface area contributed by atoms with Crippen molar-refractivity contribution in [2.75, 3.05) is 13.2 Å². The van der Waals surface area contributed by atoms with Gasteiger partial charge in [-0.25, -0.2) is 4.79 Å². The molecule has 0 saturated carbocycles. The van der Waals surface area contributed by atoms with E-state index in [0.717, 1.165) is 12.1 Å². The van der Waals surface area contributed by atoms with E-state index < -0.39 is 29.2 Å². The first kappa shape index (κ1) is 24.3. The van der Waals surface area contributed by atoms with Crippen molar-refractivity contribution in [1.29, 1.82) is 0 Å². The smallest absolute Gasteiger partial charge is 0.416 e. The fourth-order valence-electron chi connectivity index (χ4n) is 3.55. The van der Waals surface area contributed by atoms with E-state index in [0.29, 0.717) is 16.5 Å². The number of hydrogen-bond acceptors (Lipinski definition) is 4. The number of rotatable bonds is 7. The molecular formula is C24H25F3N2O4. The van der Waals surface area contributed by atoms with Crippen molar-refractivity contribution in [2.45, 2.75) is 39.0 Å². The van der Waals surface area contributed by atoms with Crippen LogP contribution in [-0.2, 0) is 17.5 Å². The first-order valence-corrected chi connectivity index (χ1v) is 10.4. The van der Waals surface area contributed by atoms with Crippen LogP contribution < -0.4 is 5.32 Å². The molecule has 0 aliphatic heterocycles. The lowest BCUT2D eigenvalue weighted by molar-refractivity contribution is -0.137. The lowest BCUT2D eigenvalue weighted by atomic mass is 10.0. The van der Waals surface area contributed by atoms with Gasteiger partial charge in [0, 0.05) is 17.4 Å². The van der Waals surface area contributed by atoms with E-state index in [-0.39, 0.29) is 31.0 Å². The molecule has 0 radical (unpaired) electrons. The number of ether oxygens (including phenoxy) is 1. The maximum atomic E-state index is 13.2. The van der Waals surface area contributed by atoms with E-state index >= 15 is 0 Å². The number of hydrogen-bond donors (Lipinski definition) is 2. The van der Waals surface area contributed by atoms with Crippen molar-refractivity contribution in [2.24, 2.45) is 0 Å². The van der Waals surface area contributed by atoms with Crippen LogP contribution in [0.5, 0.6) is 0 Å². The Morgan fingerprint density at radius 2 is 1.79 bits per heavy atom. The number of aliphatic hydroxyl groups is 1. The van der Waals surface area contributed by atoms with Gasteiger partial charge in [0.2, 0.25) is 0 Å². The number of esters is 1. The number of halogens is 3. The average molecular weight is 462 g/mol. The lowest BCUT2D eigenvalue weighted by Crippen LogP contribution is -2.46. The number of para-hydroxylation sites is 1. The molecule has 0 bridgehead atoms. The molecule has 176 valence electrons. The summed E-state index contributed by atoms with van der Waals surface area (Å²) in [5.74, 6) is -1.37. The second-order valence-electron chi connectivity index (χ2n) is 8.24. The van der Waals surface area contributed by atoms with Crippen LogP contribution in [0.1, 0.15) is 52.7 Å². The number of aromatic nitrogens is 1. The first-order valence-electron chi connectivity index (χ1n) is 10.4. The number of alkyl halides is 3. The van der Waals surface area contributed by atoms with Gasteiger partial charge >= 0.3 is 12.1 Å². The van der Waals surface area contributed by atoms with Gasteiger partial charge in [-0.05, 0) is 44.5 Å². The Morgan fingerprint density at radius 1 is 1.09 bits per heavy atom. The quantitative estimate of drug-likeness (QED) is 0.511. The van der Waals surface area contributed by atoms with Crippen molar-refractivity contribution in [3.63, 3.8) is 0 Å². The minimum absolute atomic E-state index is 0.0394. The summed E-state index contributed by atoms with van der Waals surface area (Å²) >= 11 is 0. The van der Waals surface area contributed by atoms with E-state index in [9.17, 15) is 27.9 Å². The minimum atomic E-state index is -4.51. The van der Waals surface area contributed by atoms with Gasteiger partial charge in [-0.3, -0.25) is 4.79 Å². The van der Waals surface area contributed by atoms with Crippen molar-refractivity contribution in [1.82, 2.24) is 9.88 Å². The molecule has 0 fully saturated rings. The molecule has 1 heterocycles. The summed E-state index contributed by atoms with van der Waals surface area (Å²) in [6, 6.07) is 11.5. The molecule has 0 spiro atoms. The summed E-state index contributed by atoms with van der Waals surface area (Å²) in [6.07, 6.45) is -4.51. The van der Waals surface area contributed by atoms with Crippen molar-refractivity contribution in [3.05, 3.63) is 70.9 Å². The monoisotopic (exact) mass is 462 g/mol. The van der Waals surface area contributed by atoms with Crippen LogP contribution in [0.2, 0.25) is 0 Å². The van der Waals surface area contributed by atoms with Crippen LogP contribution >= 0.6 is 0 Å². The van der Waals surface area contributed by atoms with Gasteiger partial charge in [0.15, 0.2) is 0 Å². The molecule has 1 aromatic heterocycles. The highest BCUT2D eigenvalue weighted by molar-refractivity contribution is 6.15. The Bertz CT molecular complexity index is 1180. The number of benzene rings is 2. The van der Waals surface area contributed by atoms with Crippen LogP contribution in [0.4, 0.5) is 13.2 Å². The average Bonchev–Trinajstić information content (AvgIpc) is 3.08.